The summed E-state index contributed by atoms with van der Waals surface area (Å²) in [6.07, 6.45) is 2.03. The molecule has 8 heteroatoms. The lowest BCUT2D eigenvalue weighted by Crippen LogP contribution is -2.38. The van der Waals surface area contributed by atoms with E-state index in [1.807, 2.05) is 44.2 Å². The quantitative estimate of drug-likeness (QED) is 0.297. The number of carbonyl (C=O) groups is 1. The molecule has 3 N–H and O–H groups in total. The van der Waals surface area contributed by atoms with Gasteiger partial charge in [-0.15, -0.1) is 24.0 Å². The second-order valence-electron chi connectivity index (χ2n) is 5.91. The van der Waals surface area contributed by atoms with Crippen LogP contribution in [0.3, 0.4) is 0 Å². The molecule has 0 radical (unpaired) electrons. The first-order chi connectivity index (χ1) is 13.1. The summed E-state index contributed by atoms with van der Waals surface area (Å²) >= 11 is 0. The molecule has 1 aromatic heterocycles. The highest BCUT2D eigenvalue weighted by atomic mass is 127. The maximum Gasteiger partial charge on any atom is 0.227 e. The Balaban J connectivity index is 0.00000392. The van der Waals surface area contributed by atoms with Crippen LogP contribution in [0, 0.1) is 6.92 Å². The molecule has 0 fully saturated rings. The SMILES string of the molecule is CCOc1ccccc1CNC(=NC)NCCC(=O)Nc1ccc(C)cn1.I. The normalized spacial score (nSPS) is 10.6. The van der Waals surface area contributed by atoms with E-state index in [1.165, 1.54) is 0 Å². The molecule has 2 aromatic rings. The zero-order valence-electron chi connectivity index (χ0n) is 16.5. The predicted octanol–water partition coefficient (Wildman–Crippen LogP) is 3.10. The number of hydrogen-bond acceptors (Lipinski definition) is 4. The van der Waals surface area contributed by atoms with Crippen LogP contribution in [0.15, 0.2) is 47.6 Å². The molecule has 0 spiro atoms. The number of aryl methyl sites for hydroxylation is 1. The van der Waals surface area contributed by atoms with E-state index in [0.717, 1.165) is 16.9 Å². The Kier molecular flexibility index (Phi) is 10.9. The van der Waals surface area contributed by atoms with Crippen molar-refractivity contribution < 1.29 is 9.53 Å². The lowest BCUT2D eigenvalue weighted by Gasteiger charge is -2.14. The third-order valence-electron chi connectivity index (χ3n) is 3.77. The van der Waals surface area contributed by atoms with Gasteiger partial charge in [0.05, 0.1) is 6.61 Å². The van der Waals surface area contributed by atoms with Gasteiger partial charge in [-0.1, -0.05) is 24.3 Å². The van der Waals surface area contributed by atoms with Crippen molar-refractivity contribution in [2.45, 2.75) is 26.8 Å². The van der Waals surface area contributed by atoms with Crippen LogP contribution in [0.4, 0.5) is 5.82 Å². The van der Waals surface area contributed by atoms with Gasteiger partial charge >= 0.3 is 0 Å². The van der Waals surface area contributed by atoms with Gasteiger partial charge in [-0.2, -0.15) is 0 Å². The molecule has 1 heterocycles. The maximum absolute atomic E-state index is 12.0. The van der Waals surface area contributed by atoms with Gasteiger partial charge in [0.1, 0.15) is 11.6 Å². The van der Waals surface area contributed by atoms with Crippen LogP contribution in [0.1, 0.15) is 24.5 Å². The molecular formula is C20H28IN5O2. The lowest BCUT2D eigenvalue weighted by atomic mass is 10.2. The van der Waals surface area contributed by atoms with Crippen molar-refractivity contribution in [2.75, 3.05) is 25.5 Å². The number of rotatable bonds is 8. The third-order valence-corrected chi connectivity index (χ3v) is 3.77. The Bertz CT molecular complexity index is 765. The largest absolute Gasteiger partial charge is 0.494 e. The molecule has 0 aliphatic carbocycles. The van der Waals surface area contributed by atoms with Crippen molar-refractivity contribution in [3.05, 3.63) is 53.7 Å². The number of aliphatic imine (C=N–C) groups is 1. The number of ether oxygens (including phenoxy) is 1. The number of aromatic nitrogens is 1. The van der Waals surface area contributed by atoms with Crippen LogP contribution in [-0.4, -0.2) is 37.1 Å². The number of anilines is 1. The standard InChI is InChI=1S/C20H27N5O2.HI/c1-4-27-17-8-6-5-7-16(17)14-24-20(21-3)22-12-11-19(26)25-18-10-9-15(2)13-23-18;/h5-10,13H,4,11-12,14H2,1-3H3,(H2,21,22,24)(H,23,25,26);1H. The fourth-order valence-corrected chi connectivity index (χ4v) is 2.39. The Morgan fingerprint density at radius 1 is 1.18 bits per heavy atom. The Morgan fingerprint density at radius 3 is 2.64 bits per heavy atom. The monoisotopic (exact) mass is 497 g/mol. The Labute approximate surface area is 183 Å². The molecule has 7 nitrogen and oxygen atoms in total. The number of benzene rings is 1. The van der Waals surface area contributed by atoms with E-state index in [-0.39, 0.29) is 29.9 Å². The highest BCUT2D eigenvalue weighted by Crippen LogP contribution is 2.17. The summed E-state index contributed by atoms with van der Waals surface area (Å²) in [6, 6.07) is 11.6. The fourth-order valence-electron chi connectivity index (χ4n) is 2.39. The number of halogens is 1. The van der Waals surface area contributed by atoms with Gasteiger partial charge in [0.2, 0.25) is 5.91 Å². The Hall–Kier alpha value is -2.36. The average Bonchev–Trinajstić information content (AvgIpc) is 2.67. The van der Waals surface area contributed by atoms with Crippen LogP contribution in [0.2, 0.25) is 0 Å². The molecule has 1 aromatic carbocycles. The molecule has 0 saturated heterocycles. The molecule has 0 saturated carbocycles. The molecule has 0 unspecified atom stereocenters. The van der Waals surface area contributed by atoms with Crippen molar-refractivity contribution in [2.24, 2.45) is 4.99 Å². The zero-order valence-corrected chi connectivity index (χ0v) is 18.8. The number of carbonyl (C=O) groups excluding carboxylic acids is 1. The molecule has 2 rings (SSSR count). The zero-order chi connectivity index (χ0) is 19.5. The molecule has 0 aliphatic rings. The van der Waals surface area contributed by atoms with Gasteiger partial charge in [-0.25, -0.2) is 4.98 Å². The van der Waals surface area contributed by atoms with E-state index < -0.39 is 0 Å². The summed E-state index contributed by atoms with van der Waals surface area (Å²) in [7, 11) is 1.69. The summed E-state index contributed by atoms with van der Waals surface area (Å²) in [6.45, 7) is 5.57. The molecular weight excluding hydrogens is 469 g/mol. The molecule has 28 heavy (non-hydrogen) atoms. The molecule has 0 atom stereocenters. The predicted molar refractivity (Wildman–Crippen MR) is 123 cm³/mol. The number of nitrogens with one attached hydrogen (secondary N) is 3. The van der Waals surface area contributed by atoms with E-state index in [2.05, 4.69) is 25.9 Å². The summed E-state index contributed by atoms with van der Waals surface area (Å²) in [5.41, 5.74) is 2.10. The number of pyridine rings is 1. The van der Waals surface area contributed by atoms with Crippen LogP contribution in [0.25, 0.3) is 0 Å². The van der Waals surface area contributed by atoms with Crippen molar-refractivity contribution in [1.82, 2.24) is 15.6 Å². The first kappa shape index (κ1) is 23.7. The highest BCUT2D eigenvalue weighted by molar-refractivity contribution is 14.0. The minimum absolute atomic E-state index is 0. The van der Waals surface area contributed by atoms with Crippen molar-refractivity contribution in [1.29, 1.82) is 0 Å². The molecule has 1 amide bonds. The number of nitrogens with zero attached hydrogens (tertiary/aromatic N) is 2. The van der Waals surface area contributed by atoms with E-state index in [4.69, 9.17) is 4.74 Å². The topological polar surface area (TPSA) is 87.6 Å². The van der Waals surface area contributed by atoms with Crippen LogP contribution < -0.4 is 20.7 Å². The van der Waals surface area contributed by atoms with Crippen LogP contribution in [-0.2, 0) is 11.3 Å². The van der Waals surface area contributed by atoms with Crippen molar-refractivity contribution in [3.8, 4) is 5.75 Å². The van der Waals surface area contributed by atoms with E-state index in [0.29, 0.717) is 37.9 Å². The van der Waals surface area contributed by atoms with Gasteiger partial charge in [0.15, 0.2) is 5.96 Å². The van der Waals surface area contributed by atoms with E-state index in [9.17, 15) is 4.79 Å². The number of hydrogen-bond donors (Lipinski definition) is 3. The molecule has 0 aliphatic heterocycles. The summed E-state index contributed by atoms with van der Waals surface area (Å²) in [5.74, 6) is 1.94. The summed E-state index contributed by atoms with van der Waals surface area (Å²) < 4.78 is 5.62. The summed E-state index contributed by atoms with van der Waals surface area (Å²) in [4.78, 5) is 20.3. The average molecular weight is 497 g/mol. The van der Waals surface area contributed by atoms with Crippen molar-refractivity contribution >= 4 is 41.7 Å². The maximum atomic E-state index is 12.0. The first-order valence-electron chi connectivity index (χ1n) is 9.00. The first-order valence-corrected chi connectivity index (χ1v) is 9.00. The third kappa shape index (κ3) is 8.12. The Morgan fingerprint density at radius 2 is 1.96 bits per heavy atom. The smallest absolute Gasteiger partial charge is 0.227 e. The van der Waals surface area contributed by atoms with Gasteiger partial charge < -0.3 is 20.7 Å². The second-order valence-corrected chi connectivity index (χ2v) is 5.91. The fraction of sp³-hybridized carbons (Fsp3) is 0.350. The molecule has 152 valence electrons. The number of guanidine groups is 1. The summed E-state index contributed by atoms with van der Waals surface area (Å²) in [5, 5.41) is 9.14. The second kappa shape index (κ2) is 12.9. The number of para-hydroxylation sites is 1. The van der Waals surface area contributed by atoms with Crippen LogP contribution >= 0.6 is 24.0 Å². The van der Waals surface area contributed by atoms with Gasteiger partial charge in [0.25, 0.3) is 0 Å². The van der Waals surface area contributed by atoms with Crippen molar-refractivity contribution in [3.63, 3.8) is 0 Å². The van der Waals surface area contributed by atoms with Gasteiger partial charge in [-0.05, 0) is 31.5 Å². The molecule has 0 bridgehead atoms. The van der Waals surface area contributed by atoms with E-state index in [1.54, 1.807) is 19.3 Å². The highest BCUT2D eigenvalue weighted by Gasteiger charge is 2.06. The minimum Gasteiger partial charge on any atom is -0.494 e. The van der Waals surface area contributed by atoms with Crippen LogP contribution in [0.5, 0.6) is 5.75 Å². The van der Waals surface area contributed by atoms with Gasteiger partial charge in [-0.3, -0.25) is 9.79 Å². The lowest BCUT2D eigenvalue weighted by molar-refractivity contribution is -0.116. The number of amides is 1. The van der Waals surface area contributed by atoms with Gasteiger partial charge in [0, 0.05) is 38.3 Å². The van der Waals surface area contributed by atoms with E-state index >= 15 is 0 Å². The minimum atomic E-state index is -0.101.